The number of nitrogens with one attached hydrogen (secondary N) is 2. The topological polar surface area (TPSA) is 33.3 Å². The Morgan fingerprint density at radius 2 is 1.81 bits per heavy atom. The Balaban J connectivity index is 2.11. The van der Waals surface area contributed by atoms with E-state index >= 15 is 0 Å². The molecule has 0 saturated carbocycles. The van der Waals surface area contributed by atoms with Gasteiger partial charge in [-0.05, 0) is 55.0 Å². The zero-order valence-electron chi connectivity index (χ0n) is 11.5. The molecule has 0 aliphatic rings. The van der Waals surface area contributed by atoms with Crippen molar-refractivity contribution in [1.29, 1.82) is 0 Å². The van der Waals surface area contributed by atoms with Crippen LogP contribution in [0.3, 0.4) is 0 Å². The molecule has 0 aliphatic heterocycles. The van der Waals surface area contributed by atoms with E-state index in [0.29, 0.717) is 15.2 Å². The van der Waals surface area contributed by atoms with Gasteiger partial charge in [-0.25, -0.2) is 0 Å². The van der Waals surface area contributed by atoms with Crippen LogP contribution in [0.4, 0.5) is 11.4 Å². The normalized spacial score (nSPS) is 10.1. The highest BCUT2D eigenvalue weighted by atomic mass is 35.5. The molecular formula is C15H14Cl2N2OS. The second-order valence-electron chi connectivity index (χ2n) is 4.41. The Bertz CT molecular complexity index is 677. The fourth-order valence-electron chi connectivity index (χ4n) is 1.78. The zero-order chi connectivity index (χ0) is 15.4. The van der Waals surface area contributed by atoms with Crippen LogP contribution in [-0.2, 0) is 0 Å². The van der Waals surface area contributed by atoms with Crippen LogP contribution >= 0.6 is 35.4 Å². The second kappa shape index (κ2) is 6.98. The summed E-state index contributed by atoms with van der Waals surface area (Å²) in [6.07, 6.45) is 0. The summed E-state index contributed by atoms with van der Waals surface area (Å²) in [7, 11) is 1.62. The van der Waals surface area contributed by atoms with Gasteiger partial charge in [0.25, 0.3) is 0 Å². The molecule has 0 bridgehead atoms. The predicted molar refractivity (Wildman–Crippen MR) is 94.0 cm³/mol. The minimum Gasteiger partial charge on any atom is -0.495 e. The molecule has 0 atom stereocenters. The Kier molecular flexibility index (Phi) is 5.28. The van der Waals surface area contributed by atoms with E-state index in [9.17, 15) is 0 Å². The Hall–Kier alpha value is -1.49. The third-order valence-corrected chi connectivity index (χ3v) is 3.72. The lowest BCUT2D eigenvalue weighted by molar-refractivity contribution is 0.417. The number of hydrogen-bond donors (Lipinski definition) is 2. The molecule has 0 unspecified atom stereocenters. The van der Waals surface area contributed by atoms with E-state index in [2.05, 4.69) is 10.6 Å². The SMILES string of the molecule is COc1ccc(C)cc1NC(=S)Nc1ccc(Cl)c(Cl)c1. The van der Waals surface area contributed by atoms with Crippen LogP contribution in [0.25, 0.3) is 0 Å². The lowest BCUT2D eigenvalue weighted by Gasteiger charge is -2.14. The van der Waals surface area contributed by atoms with Crippen LogP contribution in [-0.4, -0.2) is 12.2 Å². The predicted octanol–water partition coefficient (Wildman–Crippen LogP) is 5.12. The van der Waals surface area contributed by atoms with Crippen LogP contribution in [0.1, 0.15) is 5.56 Å². The average Bonchev–Trinajstić information content (AvgIpc) is 2.43. The first-order valence-corrected chi connectivity index (χ1v) is 7.33. The molecule has 21 heavy (non-hydrogen) atoms. The highest BCUT2D eigenvalue weighted by Crippen LogP contribution is 2.27. The van der Waals surface area contributed by atoms with E-state index in [1.807, 2.05) is 25.1 Å². The first kappa shape index (κ1) is 15.9. The maximum atomic E-state index is 5.97. The van der Waals surface area contributed by atoms with Gasteiger partial charge < -0.3 is 15.4 Å². The minimum absolute atomic E-state index is 0.442. The summed E-state index contributed by atoms with van der Waals surface area (Å²) >= 11 is 17.1. The fraction of sp³-hybridized carbons (Fsp3) is 0.133. The van der Waals surface area contributed by atoms with Gasteiger partial charge >= 0.3 is 0 Å². The Morgan fingerprint density at radius 3 is 2.48 bits per heavy atom. The smallest absolute Gasteiger partial charge is 0.175 e. The highest BCUT2D eigenvalue weighted by Gasteiger charge is 2.06. The number of halogens is 2. The molecule has 0 spiro atoms. The number of anilines is 2. The van der Waals surface area contributed by atoms with Crippen LogP contribution in [0.2, 0.25) is 10.0 Å². The number of methoxy groups -OCH3 is 1. The van der Waals surface area contributed by atoms with Crippen molar-refractivity contribution in [3.63, 3.8) is 0 Å². The van der Waals surface area contributed by atoms with Gasteiger partial charge in [-0.2, -0.15) is 0 Å². The number of aryl methyl sites for hydroxylation is 1. The second-order valence-corrected chi connectivity index (χ2v) is 5.63. The maximum absolute atomic E-state index is 5.97. The van der Waals surface area contributed by atoms with E-state index < -0.39 is 0 Å². The van der Waals surface area contributed by atoms with Gasteiger partial charge in [0.15, 0.2) is 5.11 Å². The van der Waals surface area contributed by atoms with Crippen molar-refractivity contribution < 1.29 is 4.74 Å². The minimum atomic E-state index is 0.442. The van der Waals surface area contributed by atoms with E-state index in [-0.39, 0.29) is 0 Å². The average molecular weight is 341 g/mol. The monoisotopic (exact) mass is 340 g/mol. The molecule has 0 fully saturated rings. The molecule has 0 heterocycles. The van der Waals surface area contributed by atoms with E-state index in [0.717, 1.165) is 22.7 Å². The molecule has 0 aliphatic carbocycles. The molecule has 0 radical (unpaired) electrons. The summed E-state index contributed by atoms with van der Waals surface area (Å²) in [6.45, 7) is 2.00. The van der Waals surface area contributed by atoms with Crippen molar-refractivity contribution in [2.45, 2.75) is 6.92 Å². The summed E-state index contributed by atoms with van der Waals surface area (Å²) in [5, 5.41) is 7.57. The molecule has 0 amide bonds. The molecule has 2 aromatic rings. The van der Waals surface area contributed by atoms with Gasteiger partial charge in [0.2, 0.25) is 0 Å². The van der Waals surface area contributed by atoms with Crippen molar-refractivity contribution in [2.75, 3.05) is 17.7 Å². The molecule has 0 saturated heterocycles. The summed E-state index contributed by atoms with van der Waals surface area (Å²) in [5.41, 5.74) is 2.67. The van der Waals surface area contributed by atoms with Crippen molar-refractivity contribution in [1.82, 2.24) is 0 Å². The highest BCUT2D eigenvalue weighted by molar-refractivity contribution is 7.80. The van der Waals surface area contributed by atoms with Crippen molar-refractivity contribution in [2.24, 2.45) is 0 Å². The van der Waals surface area contributed by atoms with Crippen LogP contribution in [0, 0.1) is 6.92 Å². The molecule has 3 nitrogen and oxygen atoms in total. The molecule has 110 valence electrons. The summed E-state index contributed by atoms with van der Waals surface area (Å²) in [6, 6.07) is 11.0. The van der Waals surface area contributed by atoms with Gasteiger partial charge in [-0.3, -0.25) is 0 Å². The molecular weight excluding hydrogens is 327 g/mol. The first-order valence-electron chi connectivity index (χ1n) is 6.17. The Morgan fingerprint density at radius 1 is 1.05 bits per heavy atom. The largest absolute Gasteiger partial charge is 0.495 e. The third-order valence-electron chi connectivity index (χ3n) is 2.78. The zero-order valence-corrected chi connectivity index (χ0v) is 13.9. The molecule has 2 aromatic carbocycles. The summed E-state index contributed by atoms with van der Waals surface area (Å²) in [4.78, 5) is 0. The number of benzene rings is 2. The van der Waals surface area contributed by atoms with Gasteiger partial charge in [-0.15, -0.1) is 0 Å². The van der Waals surface area contributed by atoms with Gasteiger partial charge in [0, 0.05) is 5.69 Å². The summed E-state index contributed by atoms with van der Waals surface area (Å²) < 4.78 is 5.30. The van der Waals surface area contributed by atoms with Crippen molar-refractivity contribution in [3.8, 4) is 5.75 Å². The van der Waals surface area contributed by atoms with Gasteiger partial charge in [0.05, 0.1) is 22.8 Å². The van der Waals surface area contributed by atoms with Crippen LogP contribution < -0.4 is 15.4 Å². The first-order chi connectivity index (χ1) is 9.99. The third kappa shape index (κ3) is 4.24. The van der Waals surface area contributed by atoms with Crippen molar-refractivity contribution >= 4 is 51.9 Å². The van der Waals surface area contributed by atoms with Gasteiger partial charge in [-0.1, -0.05) is 29.3 Å². The van der Waals surface area contributed by atoms with E-state index in [1.54, 1.807) is 25.3 Å². The quantitative estimate of drug-likeness (QED) is 0.759. The number of hydrogen-bond acceptors (Lipinski definition) is 2. The molecule has 2 rings (SSSR count). The van der Waals surface area contributed by atoms with Crippen molar-refractivity contribution in [3.05, 3.63) is 52.0 Å². The molecule has 0 aromatic heterocycles. The fourth-order valence-corrected chi connectivity index (χ4v) is 2.30. The molecule has 2 N–H and O–H groups in total. The van der Waals surface area contributed by atoms with E-state index in [4.69, 9.17) is 40.2 Å². The van der Waals surface area contributed by atoms with Crippen LogP contribution in [0.5, 0.6) is 5.75 Å². The number of thiocarbonyl (C=S) groups is 1. The number of rotatable bonds is 3. The lowest BCUT2D eigenvalue weighted by Crippen LogP contribution is -2.19. The van der Waals surface area contributed by atoms with Crippen LogP contribution in [0.15, 0.2) is 36.4 Å². The molecule has 6 heteroatoms. The van der Waals surface area contributed by atoms with Gasteiger partial charge in [0.1, 0.15) is 5.75 Å². The van der Waals surface area contributed by atoms with E-state index in [1.165, 1.54) is 0 Å². The maximum Gasteiger partial charge on any atom is 0.175 e. The Labute approximate surface area is 139 Å². The number of ether oxygens (including phenoxy) is 1. The standard InChI is InChI=1S/C15H14Cl2N2OS/c1-9-3-6-14(20-2)13(7-9)19-15(21)18-10-4-5-11(16)12(17)8-10/h3-8H,1-2H3,(H2,18,19,21). The lowest BCUT2D eigenvalue weighted by atomic mass is 10.2. The summed E-state index contributed by atoms with van der Waals surface area (Å²) in [5.74, 6) is 0.721.